The third-order valence-corrected chi connectivity index (χ3v) is 1.92. The number of hydrogen-bond acceptors (Lipinski definition) is 3. The minimum Gasteiger partial charge on any atom is -0.481 e. The third-order valence-electron chi connectivity index (χ3n) is 1.92. The van der Waals surface area contributed by atoms with Crippen LogP contribution in [0.5, 0.6) is 0 Å². The highest BCUT2D eigenvalue weighted by atomic mass is 16.4. The van der Waals surface area contributed by atoms with Crippen LogP contribution in [0.4, 0.5) is 0 Å². The van der Waals surface area contributed by atoms with Crippen molar-refractivity contribution in [3.05, 3.63) is 18.0 Å². The monoisotopic (exact) mass is 193 g/mol. The number of aromatic nitrogens is 2. The number of nitrogens with zero attached hydrogens (tertiary/aromatic N) is 3. The van der Waals surface area contributed by atoms with E-state index >= 15 is 0 Å². The fourth-order valence-electron chi connectivity index (χ4n) is 1.16. The minimum absolute atomic E-state index is 0.0282. The summed E-state index contributed by atoms with van der Waals surface area (Å²) >= 11 is 0. The van der Waals surface area contributed by atoms with Gasteiger partial charge in [-0.25, -0.2) is 0 Å². The summed E-state index contributed by atoms with van der Waals surface area (Å²) in [5.41, 5.74) is -0.176. The Balaban J connectivity index is 2.92. The van der Waals surface area contributed by atoms with Crippen molar-refractivity contribution in [3.63, 3.8) is 0 Å². The van der Waals surface area contributed by atoms with E-state index < -0.39 is 11.5 Å². The van der Waals surface area contributed by atoms with Gasteiger partial charge in [-0.3, -0.25) is 9.48 Å². The standard InChI is InChI=1S/C9H11N3O2/c1-9(2,3-8(13)14)12-6-7(4-10)5-11-12/h5-6H,3H2,1-2H3,(H,13,14). The second kappa shape index (κ2) is 3.50. The molecule has 14 heavy (non-hydrogen) atoms. The van der Waals surface area contributed by atoms with Gasteiger partial charge >= 0.3 is 5.97 Å². The molecule has 0 aromatic carbocycles. The summed E-state index contributed by atoms with van der Waals surface area (Å²) in [7, 11) is 0. The summed E-state index contributed by atoms with van der Waals surface area (Å²) in [5, 5.41) is 21.2. The lowest BCUT2D eigenvalue weighted by Crippen LogP contribution is -2.29. The number of rotatable bonds is 3. The lowest BCUT2D eigenvalue weighted by Gasteiger charge is -2.22. The first-order valence-corrected chi connectivity index (χ1v) is 4.13. The van der Waals surface area contributed by atoms with E-state index in [2.05, 4.69) is 5.10 Å². The van der Waals surface area contributed by atoms with Crippen molar-refractivity contribution >= 4 is 5.97 Å². The first-order chi connectivity index (χ1) is 6.45. The Kier molecular flexibility index (Phi) is 2.56. The van der Waals surface area contributed by atoms with Crippen LogP contribution < -0.4 is 0 Å². The summed E-state index contributed by atoms with van der Waals surface area (Å²) in [6.07, 6.45) is 2.94. The number of carboxylic acid groups (broad SMARTS) is 1. The molecule has 0 fully saturated rings. The summed E-state index contributed by atoms with van der Waals surface area (Å²) < 4.78 is 1.50. The van der Waals surface area contributed by atoms with Crippen LogP contribution in [0.15, 0.2) is 12.4 Å². The first kappa shape index (κ1) is 10.3. The molecule has 0 radical (unpaired) electrons. The van der Waals surface area contributed by atoms with Crippen molar-refractivity contribution < 1.29 is 9.90 Å². The number of carbonyl (C=O) groups is 1. The van der Waals surface area contributed by atoms with Crippen molar-refractivity contribution in [1.82, 2.24) is 9.78 Å². The van der Waals surface area contributed by atoms with E-state index in [1.807, 2.05) is 6.07 Å². The fraction of sp³-hybridized carbons (Fsp3) is 0.444. The van der Waals surface area contributed by atoms with E-state index in [0.29, 0.717) is 5.56 Å². The lowest BCUT2D eigenvalue weighted by molar-refractivity contribution is -0.139. The predicted octanol–water partition coefficient (Wildman–Crippen LogP) is 0.965. The lowest BCUT2D eigenvalue weighted by atomic mass is 10.0. The highest BCUT2D eigenvalue weighted by Gasteiger charge is 2.24. The second-order valence-corrected chi connectivity index (χ2v) is 3.67. The Morgan fingerprint density at radius 1 is 1.79 bits per heavy atom. The molecule has 0 aliphatic heterocycles. The highest BCUT2D eigenvalue weighted by Crippen LogP contribution is 2.18. The van der Waals surface area contributed by atoms with E-state index in [-0.39, 0.29) is 6.42 Å². The van der Waals surface area contributed by atoms with Gasteiger partial charge in [-0.05, 0) is 13.8 Å². The molecule has 0 spiro atoms. The Hall–Kier alpha value is -1.83. The maximum atomic E-state index is 10.6. The number of carboxylic acids is 1. The van der Waals surface area contributed by atoms with Crippen molar-refractivity contribution in [2.75, 3.05) is 0 Å². The predicted molar refractivity (Wildman–Crippen MR) is 48.5 cm³/mol. The van der Waals surface area contributed by atoms with E-state index in [1.54, 1.807) is 20.0 Å². The van der Waals surface area contributed by atoms with Crippen LogP contribution in [0.2, 0.25) is 0 Å². The summed E-state index contributed by atoms with van der Waals surface area (Å²) in [6.45, 7) is 3.52. The second-order valence-electron chi connectivity index (χ2n) is 3.67. The Morgan fingerprint density at radius 2 is 2.43 bits per heavy atom. The Morgan fingerprint density at radius 3 is 2.86 bits per heavy atom. The van der Waals surface area contributed by atoms with Crippen LogP contribution in [0, 0.1) is 11.3 Å². The molecule has 1 heterocycles. The first-order valence-electron chi connectivity index (χ1n) is 4.13. The molecule has 0 amide bonds. The van der Waals surface area contributed by atoms with Crippen molar-refractivity contribution in [3.8, 4) is 6.07 Å². The van der Waals surface area contributed by atoms with Crippen LogP contribution in [0.3, 0.4) is 0 Å². The molecule has 1 rings (SSSR count). The van der Waals surface area contributed by atoms with E-state index in [4.69, 9.17) is 10.4 Å². The Bertz CT molecular complexity index is 387. The maximum Gasteiger partial charge on any atom is 0.305 e. The number of hydrogen-bond donors (Lipinski definition) is 1. The zero-order valence-electron chi connectivity index (χ0n) is 8.06. The van der Waals surface area contributed by atoms with Gasteiger partial charge < -0.3 is 5.11 Å². The number of aliphatic carboxylic acids is 1. The molecule has 1 aromatic heterocycles. The van der Waals surface area contributed by atoms with Crippen LogP contribution in [0.1, 0.15) is 25.8 Å². The Labute approximate surface area is 81.6 Å². The summed E-state index contributed by atoms with van der Waals surface area (Å²) in [6, 6.07) is 1.94. The minimum atomic E-state index is -0.885. The van der Waals surface area contributed by atoms with Gasteiger partial charge in [-0.1, -0.05) is 0 Å². The summed E-state index contributed by atoms with van der Waals surface area (Å²) in [4.78, 5) is 10.6. The van der Waals surface area contributed by atoms with Crippen molar-refractivity contribution in [1.29, 1.82) is 5.26 Å². The number of nitriles is 1. The molecule has 0 bridgehead atoms. The van der Waals surface area contributed by atoms with Gasteiger partial charge in [0, 0.05) is 6.20 Å². The molecule has 0 aliphatic rings. The summed E-state index contributed by atoms with van der Waals surface area (Å²) in [5.74, 6) is -0.885. The van der Waals surface area contributed by atoms with E-state index in [9.17, 15) is 4.79 Å². The average molecular weight is 193 g/mol. The van der Waals surface area contributed by atoms with Gasteiger partial charge in [-0.15, -0.1) is 0 Å². The average Bonchev–Trinajstić information content (AvgIpc) is 2.49. The molecule has 0 unspecified atom stereocenters. The molecule has 0 atom stereocenters. The molecule has 0 saturated heterocycles. The van der Waals surface area contributed by atoms with E-state index in [1.165, 1.54) is 10.9 Å². The van der Waals surface area contributed by atoms with Crippen molar-refractivity contribution in [2.24, 2.45) is 0 Å². The topological polar surface area (TPSA) is 78.9 Å². The van der Waals surface area contributed by atoms with Gasteiger partial charge in [0.1, 0.15) is 6.07 Å². The molecule has 1 aromatic rings. The fourth-order valence-corrected chi connectivity index (χ4v) is 1.16. The van der Waals surface area contributed by atoms with Gasteiger partial charge in [0.05, 0.1) is 23.7 Å². The molecule has 0 aliphatic carbocycles. The zero-order chi connectivity index (χ0) is 10.8. The third kappa shape index (κ3) is 2.10. The van der Waals surface area contributed by atoms with Gasteiger partial charge in [0.2, 0.25) is 0 Å². The molecule has 74 valence electrons. The maximum absolute atomic E-state index is 10.6. The zero-order valence-corrected chi connectivity index (χ0v) is 8.06. The smallest absolute Gasteiger partial charge is 0.305 e. The van der Waals surface area contributed by atoms with Crippen LogP contribution in [0.25, 0.3) is 0 Å². The molecular weight excluding hydrogens is 182 g/mol. The molecule has 1 N–H and O–H groups in total. The van der Waals surface area contributed by atoms with Gasteiger partial charge in [-0.2, -0.15) is 10.4 Å². The van der Waals surface area contributed by atoms with Crippen LogP contribution >= 0.6 is 0 Å². The molecule has 5 nitrogen and oxygen atoms in total. The van der Waals surface area contributed by atoms with Crippen LogP contribution in [-0.4, -0.2) is 20.9 Å². The molecular formula is C9H11N3O2. The normalized spacial score (nSPS) is 10.9. The van der Waals surface area contributed by atoms with Gasteiger partial charge in [0.25, 0.3) is 0 Å². The molecule has 5 heteroatoms. The molecule has 0 saturated carbocycles. The SMILES string of the molecule is CC(C)(CC(=O)O)n1cc(C#N)cn1. The largest absolute Gasteiger partial charge is 0.481 e. The quantitative estimate of drug-likeness (QED) is 0.775. The van der Waals surface area contributed by atoms with Crippen LogP contribution in [-0.2, 0) is 10.3 Å². The van der Waals surface area contributed by atoms with Gasteiger partial charge in [0.15, 0.2) is 0 Å². The highest BCUT2D eigenvalue weighted by molar-refractivity contribution is 5.67. The van der Waals surface area contributed by atoms with Crippen molar-refractivity contribution in [2.45, 2.75) is 25.8 Å². The van der Waals surface area contributed by atoms with E-state index in [0.717, 1.165) is 0 Å².